The smallest absolute Gasteiger partial charge is 0.242 e. The van der Waals surface area contributed by atoms with E-state index in [-0.39, 0.29) is 23.8 Å². The molecule has 2 amide bonds. The van der Waals surface area contributed by atoms with Crippen molar-refractivity contribution < 1.29 is 9.59 Å². The first-order chi connectivity index (χ1) is 14.9. The van der Waals surface area contributed by atoms with Crippen LogP contribution in [0.4, 0.5) is 5.82 Å². The van der Waals surface area contributed by atoms with Crippen LogP contribution in [0.2, 0.25) is 5.02 Å². The highest BCUT2D eigenvalue weighted by molar-refractivity contribution is 6.30. The maximum absolute atomic E-state index is 12.6. The van der Waals surface area contributed by atoms with Gasteiger partial charge < -0.3 is 16.0 Å². The van der Waals surface area contributed by atoms with Crippen LogP contribution in [0.5, 0.6) is 0 Å². The number of nitrogens with zero attached hydrogens (tertiary/aromatic N) is 3. The van der Waals surface area contributed by atoms with E-state index in [1.807, 2.05) is 11.0 Å². The third-order valence-electron chi connectivity index (χ3n) is 8.11. The van der Waals surface area contributed by atoms with Crippen molar-refractivity contribution in [3.8, 4) is 0 Å². The normalized spacial score (nSPS) is 31.9. The summed E-state index contributed by atoms with van der Waals surface area (Å²) in [6.07, 6.45) is 8.60. The molecule has 168 valence electrons. The summed E-state index contributed by atoms with van der Waals surface area (Å²) in [5, 5.41) is 3.49. The van der Waals surface area contributed by atoms with Crippen LogP contribution in [0.15, 0.2) is 12.3 Å². The van der Waals surface area contributed by atoms with Gasteiger partial charge in [-0.1, -0.05) is 11.6 Å². The number of piperazine rings is 1. The van der Waals surface area contributed by atoms with Gasteiger partial charge in [-0.2, -0.15) is 0 Å². The fourth-order valence-electron chi connectivity index (χ4n) is 6.90. The van der Waals surface area contributed by atoms with Crippen molar-refractivity contribution in [1.82, 2.24) is 20.1 Å². The van der Waals surface area contributed by atoms with E-state index in [0.717, 1.165) is 36.4 Å². The topological polar surface area (TPSA) is 91.6 Å². The average molecular weight is 446 g/mol. The van der Waals surface area contributed by atoms with Gasteiger partial charge >= 0.3 is 0 Å². The number of amides is 2. The molecule has 0 radical (unpaired) electrons. The Kier molecular flexibility index (Phi) is 5.59. The number of aromatic nitrogens is 1. The summed E-state index contributed by atoms with van der Waals surface area (Å²) in [5.74, 6) is 3.13. The number of anilines is 1. The van der Waals surface area contributed by atoms with Crippen molar-refractivity contribution >= 4 is 29.2 Å². The second kappa shape index (κ2) is 8.24. The molecule has 2 unspecified atom stereocenters. The molecule has 3 N–H and O–H groups in total. The van der Waals surface area contributed by atoms with E-state index >= 15 is 0 Å². The highest BCUT2D eigenvalue weighted by Crippen LogP contribution is 2.65. The minimum absolute atomic E-state index is 0.00484. The van der Waals surface area contributed by atoms with Gasteiger partial charge in [0.2, 0.25) is 11.8 Å². The SMILES string of the molecule is Nc1ncc(Cl)cc1CN1CCN(C(=O)CNC(=O)CC23CC4CC(C2)C(C4)C3)CC1. The van der Waals surface area contributed by atoms with Crippen molar-refractivity contribution in [3.05, 3.63) is 22.8 Å². The molecule has 1 saturated heterocycles. The molecule has 6 rings (SSSR count). The molecule has 1 aromatic heterocycles. The third kappa shape index (κ3) is 4.40. The third-order valence-corrected chi connectivity index (χ3v) is 8.32. The molecule has 8 heteroatoms. The van der Waals surface area contributed by atoms with Crippen LogP contribution in [-0.4, -0.2) is 59.3 Å². The van der Waals surface area contributed by atoms with E-state index < -0.39 is 0 Å². The molecular weight excluding hydrogens is 414 g/mol. The van der Waals surface area contributed by atoms with Crippen LogP contribution >= 0.6 is 11.6 Å². The van der Waals surface area contributed by atoms with Gasteiger partial charge in [0, 0.05) is 50.9 Å². The Hall–Kier alpha value is -1.86. The zero-order valence-corrected chi connectivity index (χ0v) is 18.7. The maximum atomic E-state index is 12.6. The lowest BCUT2D eigenvalue weighted by atomic mass is 9.67. The number of pyridine rings is 1. The molecule has 31 heavy (non-hydrogen) atoms. The molecule has 4 saturated carbocycles. The highest BCUT2D eigenvalue weighted by atomic mass is 35.5. The van der Waals surface area contributed by atoms with Crippen LogP contribution in [0.25, 0.3) is 0 Å². The molecule has 0 spiro atoms. The summed E-state index contributed by atoms with van der Waals surface area (Å²) in [7, 11) is 0. The number of carbonyl (C=O) groups is 2. The molecule has 5 aliphatic rings. The quantitative estimate of drug-likeness (QED) is 0.701. The average Bonchev–Trinajstić information content (AvgIpc) is 3.15. The zero-order chi connectivity index (χ0) is 21.6. The summed E-state index contributed by atoms with van der Waals surface area (Å²) in [4.78, 5) is 33.4. The van der Waals surface area contributed by atoms with Crippen molar-refractivity contribution in [3.63, 3.8) is 0 Å². The zero-order valence-electron chi connectivity index (χ0n) is 18.0. The Labute approximate surface area is 188 Å². The van der Waals surface area contributed by atoms with Gasteiger partial charge in [-0.3, -0.25) is 14.5 Å². The number of rotatable bonds is 6. The minimum atomic E-state index is 0.00484. The summed E-state index contributed by atoms with van der Waals surface area (Å²) in [6.45, 7) is 3.60. The molecule has 2 atom stereocenters. The lowest BCUT2D eigenvalue weighted by Gasteiger charge is -2.38. The number of nitrogens with one attached hydrogen (secondary N) is 1. The molecule has 0 aromatic carbocycles. The van der Waals surface area contributed by atoms with Crippen LogP contribution in [0, 0.1) is 23.2 Å². The summed E-state index contributed by atoms with van der Waals surface area (Å²) in [6, 6.07) is 1.85. The van der Waals surface area contributed by atoms with E-state index in [4.69, 9.17) is 17.3 Å². The number of hydrogen-bond acceptors (Lipinski definition) is 5. The summed E-state index contributed by atoms with van der Waals surface area (Å²) >= 11 is 6.03. The minimum Gasteiger partial charge on any atom is -0.383 e. The van der Waals surface area contributed by atoms with E-state index in [2.05, 4.69) is 15.2 Å². The number of halogens is 1. The second-order valence-electron chi connectivity index (χ2n) is 10.3. The number of nitrogen functional groups attached to an aromatic ring is 1. The predicted octanol–water partition coefficient (Wildman–Crippen LogP) is 2.29. The lowest BCUT2D eigenvalue weighted by molar-refractivity contribution is -0.135. The summed E-state index contributed by atoms with van der Waals surface area (Å²) < 4.78 is 0. The number of carbonyl (C=O) groups excluding carboxylic acids is 2. The Morgan fingerprint density at radius 2 is 1.87 bits per heavy atom. The number of nitrogens with two attached hydrogens (primary N) is 1. The van der Waals surface area contributed by atoms with E-state index in [0.29, 0.717) is 36.9 Å². The molecule has 1 aromatic rings. The van der Waals surface area contributed by atoms with Crippen LogP contribution in [0.3, 0.4) is 0 Å². The van der Waals surface area contributed by atoms with E-state index in [9.17, 15) is 9.59 Å². The van der Waals surface area contributed by atoms with Gasteiger partial charge in [0.05, 0.1) is 11.6 Å². The van der Waals surface area contributed by atoms with Crippen LogP contribution in [0.1, 0.15) is 44.1 Å². The first-order valence-corrected chi connectivity index (χ1v) is 11.9. The Morgan fingerprint density at radius 3 is 2.55 bits per heavy atom. The van der Waals surface area contributed by atoms with Crippen molar-refractivity contribution in [1.29, 1.82) is 0 Å². The molecule has 4 bridgehead atoms. The Bertz CT molecular complexity index is 850. The monoisotopic (exact) mass is 445 g/mol. The van der Waals surface area contributed by atoms with Crippen molar-refractivity contribution in [2.75, 3.05) is 38.5 Å². The van der Waals surface area contributed by atoms with Gasteiger partial charge in [0.25, 0.3) is 0 Å². The van der Waals surface area contributed by atoms with Crippen LogP contribution < -0.4 is 11.1 Å². The van der Waals surface area contributed by atoms with E-state index in [1.54, 1.807) is 6.20 Å². The van der Waals surface area contributed by atoms with Gasteiger partial charge in [-0.25, -0.2) is 4.98 Å². The highest BCUT2D eigenvalue weighted by Gasteiger charge is 2.56. The Balaban J connectivity index is 1.05. The standard InChI is InChI=1S/C23H32ClN5O2/c24-19-7-18(22(25)27-12-19)14-28-1-3-29(4-2-28)21(31)13-26-20(30)11-23-8-15-5-16(9-23)17(6-15)10-23/h7,12,15-17H,1-6,8-11,13-14H2,(H2,25,27)(H,26,30). The second-order valence-corrected chi connectivity index (χ2v) is 10.7. The van der Waals surface area contributed by atoms with Crippen molar-refractivity contribution in [2.24, 2.45) is 23.2 Å². The van der Waals surface area contributed by atoms with Gasteiger partial charge in [-0.05, 0) is 61.3 Å². The lowest BCUT2D eigenvalue weighted by Crippen LogP contribution is -2.51. The van der Waals surface area contributed by atoms with Crippen molar-refractivity contribution in [2.45, 2.75) is 45.1 Å². The molecule has 2 heterocycles. The summed E-state index contributed by atoms with van der Waals surface area (Å²) in [5.41, 5.74) is 7.09. The molecule has 5 fully saturated rings. The van der Waals surface area contributed by atoms with Crippen LogP contribution in [-0.2, 0) is 16.1 Å². The first-order valence-electron chi connectivity index (χ1n) is 11.6. The fourth-order valence-corrected chi connectivity index (χ4v) is 7.08. The number of hydrogen-bond donors (Lipinski definition) is 2. The molecule has 1 aliphatic heterocycles. The molecule has 4 aliphatic carbocycles. The largest absolute Gasteiger partial charge is 0.383 e. The fraction of sp³-hybridized carbons (Fsp3) is 0.696. The first kappa shape index (κ1) is 21.0. The van der Waals surface area contributed by atoms with Gasteiger partial charge in [-0.15, -0.1) is 0 Å². The van der Waals surface area contributed by atoms with Gasteiger partial charge in [0.15, 0.2) is 0 Å². The van der Waals surface area contributed by atoms with E-state index in [1.165, 1.54) is 32.1 Å². The Morgan fingerprint density at radius 1 is 1.16 bits per heavy atom. The predicted molar refractivity (Wildman–Crippen MR) is 119 cm³/mol. The maximum Gasteiger partial charge on any atom is 0.242 e. The molecule has 7 nitrogen and oxygen atoms in total. The van der Waals surface area contributed by atoms with Gasteiger partial charge in [0.1, 0.15) is 5.82 Å². The molecular formula is C23H32ClN5O2.